The monoisotopic (exact) mass is 334 g/mol. The Morgan fingerprint density at radius 3 is 2.88 bits per heavy atom. The van der Waals surface area contributed by atoms with Gasteiger partial charge in [-0.1, -0.05) is 5.21 Å². The number of nitrogens with zero attached hydrogens (tertiary/aromatic N) is 6. The number of hydrogen-bond acceptors (Lipinski definition) is 6. The molecule has 0 saturated heterocycles. The molecule has 0 spiro atoms. The predicted molar refractivity (Wildman–Crippen MR) is 88.1 cm³/mol. The highest BCUT2D eigenvalue weighted by Crippen LogP contribution is 2.34. The average Bonchev–Trinajstić information content (AvgIpc) is 3.34. The number of imidazole rings is 1. The highest BCUT2D eigenvalue weighted by Gasteiger charge is 2.27. The Morgan fingerprint density at radius 2 is 2.08 bits per heavy atom. The summed E-state index contributed by atoms with van der Waals surface area (Å²) in [5.74, 6) is 1.26. The molecular weight excluding hydrogens is 320 g/mol. The number of hydrogen-bond donors (Lipinski definition) is 0. The maximum Gasteiger partial charge on any atom is 0.246 e. The highest BCUT2D eigenvalue weighted by molar-refractivity contribution is 5.63. The van der Waals surface area contributed by atoms with Gasteiger partial charge in [-0.2, -0.15) is 0 Å². The minimum absolute atomic E-state index is 0.502. The lowest BCUT2D eigenvalue weighted by Gasteiger charge is -2.11. The lowest BCUT2D eigenvalue weighted by molar-refractivity contribution is 0.414. The largest absolute Gasteiger partial charge is 0.497 e. The van der Waals surface area contributed by atoms with Gasteiger partial charge in [0.2, 0.25) is 5.89 Å². The van der Waals surface area contributed by atoms with Crippen molar-refractivity contribution in [1.29, 1.82) is 0 Å². The Bertz CT molecular complexity index is 1080. The fourth-order valence-corrected chi connectivity index (χ4v) is 3.20. The van der Waals surface area contributed by atoms with Crippen molar-refractivity contribution in [1.82, 2.24) is 29.5 Å². The number of ether oxygens (including phenoxy) is 1. The Morgan fingerprint density at radius 1 is 1.16 bits per heavy atom. The van der Waals surface area contributed by atoms with Crippen LogP contribution in [0.2, 0.25) is 0 Å². The van der Waals surface area contributed by atoms with Crippen LogP contribution in [0.25, 0.3) is 23.0 Å². The molecular formula is C17H14N6O2. The first-order valence-corrected chi connectivity index (χ1v) is 7.82. The fourth-order valence-electron chi connectivity index (χ4n) is 3.20. The third-order valence-electron chi connectivity index (χ3n) is 4.46. The summed E-state index contributed by atoms with van der Waals surface area (Å²) in [4.78, 5) is 8.78. The maximum absolute atomic E-state index is 5.46. The van der Waals surface area contributed by atoms with Gasteiger partial charge in [0.1, 0.15) is 24.0 Å². The molecule has 0 fully saturated rings. The molecule has 1 aliphatic rings. The summed E-state index contributed by atoms with van der Waals surface area (Å²) >= 11 is 0. The predicted octanol–water partition coefficient (Wildman–Crippen LogP) is 2.33. The van der Waals surface area contributed by atoms with Gasteiger partial charge in [-0.15, -0.1) is 5.10 Å². The summed E-state index contributed by atoms with van der Waals surface area (Å²) in [6.45, 7) is 1.95. The molecule has 124 valence electrons. The van der Waals surface area contributed by atoms with Crippen molar-refractivity contribution in [3.63, 3.8) is 0 Å². The molecule has 1 aliphatic heterocycles. The summed E-state index contributed by atoms with van der Waals surface area (Å²) in [5.41, 5.74) is 5.43. The third-order valence-corrected chi connectivity index (χ3v) is 4.46. The van der Waals surface area contributed by atoms with E-state index in [1.165, 1.54) is 0 Å². The van der Waals surface area contributed by atoms with Crippen LogP contribution < -0.4 is 4.74 Å². The van der Waals surface area contributed by atoms with Gasteiger partial charge in [0.15, 0.2) is 0 Å². The first-order valence-electron chi connectivity index (χ1n) is 7.82. The van der Waals surface area contributed by atoms with Crippen LogP contribution in [-0.2, 0) is 6.42 Å². The van der Waals surface area contributed by atoms with Crippen molar-refractivity contribution in [2.45, 2.75) is 13.3 Å². The van der Waals surface area contributed by atoms with E-state index in [0.717, 1.165) is 39.9 Å². The van der Waals surface area contributed by atoms with E-state index in [-0.39, 0.29) is 0 Å². The summed E-state index contributed by atoms with van der Waals surface area (Å²) in [5, 5.41) is 8.57. The molecule has 25 heavy (non-hydrogen) atoms. The van der Waals surface area contributed by atoms with Crippen LogP contribution in [0, 0.1) is 6.92 Å². The molecule has 0 amide bonds. The van der Waals surface area contributed by atoms with Crippen LogP contribution in [0.1, 0.15) is 17.1 Å². The van der Waals surface area contributed by atoms with Crippen molar-refractivity contribution in [2.75, 3.05) is 7.11 Å². The minimum atomic E-state index is 0.502. The van der Waals surface area contributed by atoms with Crippen molar-refractivity contribution < 1.29 is 9.15 Å². The van der Waals surface area contributed by atoms with E-state index >= 15 is 0 Å². The summed E-state index contributed by atoms with van der Waals surface area (Å²) in [6, 6.07) is 5.86. The number of aromatic nitrogens is 6. The van der Waals surface area contributed by atoms with Crippen LogP contribution in [0.15, 0.2) is 41.4 Å². The number of oxazole rings is 1. The Kier molecular flexibility index (Phi) is 2.81. The van der Waals surface area contributed by atoms with E-state index in [2.05, 4.69) is 20.3 Å². The van der Waals surface area contributed by atoms with Crippen LogP contribution >= 0.6 is 0 Å². The second kappa shape index (κ2) is 5.04. The fraction of sp³-hybridized carbons (Fsp3) is 0.176. The van der Waals surface area contributed by atoms with Crippen molar-refractivity contribution >= 4 is 0 Å². The van der Waals surface area contributed by atoms with Gasteiger partial charge in [0.05, 0.1) is 41.8 Å². The Hall–Kier alpha value is -3.42. The number of aryl methyl sites for hydroxylation is 1. The van der Waals surface area contributed by atoms with E-state index in [9.17, 15) is 0 Å². The zero-order valence-corrected chi connectivity index (χ0v) is 13.7. The highest BCUT2D eigenvalue weighted by atomic mass is 16.5. The molecule has 0 saturated carbocycles. The SMILES string of the molecule is COc1ccc2c(c1)-n1nnc(C)c1Cc1c(-c3ncco3)ncn1-2. The normalized spacial score (nSPS) is 12.2. The van der Waals surface area contributed by atoms with E-state index in [1.807, 2.05) is 34.4 Å². The summed E-state index contributed by atoms with van der Waals surface area (Å²) < 4.78 is 14.8. The van der Waals surface area contributed by atoms with Gasteiger partial charge >= 0.3 is 0 Å². The topological polar surface area (TPSA) is 83.8 Å². The van der Waals surface area contributed by atoms with Crippen molar-refractivity contribution in [3.8, 4) is 28.7 Å². The Balaban J connectivity index is 1.83. The van der Waals surface area contributed by atoms with E-state index < -0.39 is 0 Å². The van der Waals surface area contributed by atoms with Crippen LogP contribution in [-0.4, -0.2) is 36.6 Å². The quantitative estimate of drug-likeness (QED) is 0.493. The molecule has 0 atom stereocenters. The molecule has 8 nitrogen and oxygen atoms in total. The van der Waals surface area contributed by atoms with E-state index in [4.69, 9.17) is 9.15 Å². The lowest BCUT2D eigenvalue weighted by Crippen LogP contribution is -2.03. The zero-order valence-electron chi connectivity index (χ0n) is 13.7. The average molecular weight is 334 g/mol. The number of rotatable bonds is 2. The second-order valence-corrected chi connectivity index (χ2v) is 5.81. The minimum Gasteiger partial charge on any atom is -0.497 e. The molecule has 0 unspecified atom stereocenters. The van der Waals surface area contributed by atoms with Crippen LogP contribution in [0.5, 0.6) is 5.75 Å². The van der Waals surface area contributed by atoms with Crippen molar-refractivity contribution in [3.05, 3.63) is 54.1 Å². The smallest absolute Gasteiger partial charge is 0.246 e. The molecule has 1 aromatic carbocycles. The molecule has 0 bridgehead atoms. The maximum atomic E-state index is 5.46. The summed E-state index contributed by atoms with van der Waals surface area (Å²) in [7, 11) is 1.65. The van der Waals surface area contributed by atoms with E-state index in [1.54, 1.807) is 25.9 Å². The first-order chi connectivity index (χ1) is 12.3. The molecule has 4 aromatic rings. The molecule has 0 aliphatic carbocycles. The molecule has 8 heteroatoms. The second-order valence-electron chi connectivity index (χ2n) is 5.81. The molecule has 3 aromatic heterocycles. The Labute approximate surface area is 142 Å². The lowest BCUT2D eigenvalue weighted by atomic mass is 10.1. The van der Waals surface area contributed by atoms with Gasteiger partial charge in [-0.25, -0.2) is 14.6 Å². The van der Waals surface area contributed by atoms with E-state index in [0.29, 0.717) is 12.3 Å². The molecule has 0 radical (unpaired) electrons. The molecule has 4 heterocycles. The number of benzene rings is 1. The number of methoxy groups -OCH3 is 1. The molecule has 0 N–H and O–H groups in total. The standard InChI is InChI=1S/C17H14N6O2/c1-10-13-8-15-16(17-18-5-6-25-17)19-9-22(15)12-4-3-11(24-2)7-14(12)23(13)21-20-10/h3-7,9H,8H2,1-2H3. The van der Waals surface area contributed by atoms with Crippen LogP contribution in [0.4, 0.5) is 0 Å². The molecule has 5 rings (SSSR count). The number of fused-ring (bicyclic) bond motifs is 5. The van der Waals surface area contributed by atoms with Gasteiger partial charge in [-0.3, -0.25) is 4.57 Å². The zero-order chi connectivity index (χ0) is 17.0. The van der Waals surface area contributed by atoms with Gasteiger partial charge in [0, 0.05) is 12.5 Å². The van der Waals surface area contributed by atoms with Gasteiger partial charge in [-0.05, 0) is 19.1 Å². The summed E-state index contributed by atoms with van der Waals surface area (Å²) in [6.07, 6.45) is 5.57. The van der Waals surface area contributed by atoms with Gasteiger partial charge in [0.25, 0.3) is 0 Å². The first kappa shape index (κ1) is 14.0. The van der Waals surface area contributed by atoms with Crippen molar-refractivity contribution in [2.24, 2.45) is 0 Å². The third kappa shape index (κ3) is 1.94. The van der Waals surface area contributed by atoms with Crippen LogP contribution in [0.3, 0.4) is 0 Å². The van der Waals surface area contributed by atoms with Gasteiger partial charge < -0.3 is 9.15 Å².